The summed E-state index contributed by atoms with van der Waals surface area (Å²) in [6, 6.07) is 6.88. The van der Waals surface area contributed by atoms with E-state index in [1.54, 1.807) is 7.11 Å². The maximum atomic E-state index is 11.9. The molecule has 1 atom stereocenters. The van der Waals surface area contributed by atoms with Crippen molar-refractivity contribution in [3.63, 3.8) is 0 Å². The first kappa shape index (κ1) is 15.4. The standard InChI is InChI=1S/C14H18N4O2S/c1-8(2)11(15)13(19)17-14-16-12(18-21-14)9-5-4-6-10(7-9)20-3/h4-8,11H,15H2,1-3H3,(H,16,17,18,19)/t11-/m0/s1. The van der Waals surface area contributed by atoms with Gasteiger partial charge in [0.25, 0.3) is 0 Å². The summed E-state index contributed by atoms with van der Waals surface area (Å²) in [4.78, 5) is 16.2. The minimum Gasteiger partial charge on any atom is -0.497 e. The number of nitrogens with two attached hydrogens (primary N) is 1. The van der Waals surface area contributed by atoms with Crippen LogP contribution in [0, 0.1) is 5.92 Å². The zero-order valence-electron chi connectivity index (χ0n) is 12.2. The lowest BCUT2D eigenvalue weighted by Crippen LogP contribution is -2.39. The number of hydrogen-bond donors (Lipinski definition) is 2. The molecule has 2 aromatic rings. The van der Waals surface area contributed by atoms with E-state index in [0.29, 0.717) is 11.0 Å². The third-order valence-corrected chi connectivity index (χ3v) is 3.64. The van der Waals surface area contributed by atoms with Gasteiger partial charge < -0.3 is 10.5 Å². The Morgan fingerprint density at radius 1 is 1.43 bits per heavy atom. The number of carbonyl (C=O) groups excluding carboxylic acids is 1. The van der Waals surface area contributed by atoms with Crippen molar-refractivity contribution in [1.29, 1.82) is 0 Å². The molecule has 1 aromatic carbocycles. The van der Waals surface area contributed by atoms with Gasteiger partial charge in [-0.15, -0.1) is 0 Å². The van der Waals surface area contributed by atoms with Crippen molar-refractivity contribution >= 4 is 22.6 Å². The summed E-state index contributed by atoms with van der Waals surface area (Å²) in [5.74, 6) is 1.09. The first-order chi connectivity index (χ1) is 10.0. The molecule has 0 saturated carbocycles. The Morgan fingerprint density at radius 3 is 2.86 bits per heavy atom. The molecule has 2 rings (SSSR count). The molecule has 0 fully saturated rings. The molecular formula is C14H18N4O2S. The number of carbonyl (C=O) groups is 1. The fourth-order valence-corrected chi connectivity index (χ4v) is 2.24. The summed E-state index contributed by atoms with van der Waals surface area (Å²) in [7, 11) is 1.60. The number of anilines is 1. The second kappa shape index (κ2) is 6.64. The van der Waals surface area contributed by atoms with Crippen molar-refractivity contribution < 1.29 is 9.53 Å². The highest BCUT2D eigenvalue weighted by Gasteiger charge is 2.19. The van der Waals surface area contributed by atoms with E-state index in [-0.39, 0.29) is 11.8 Å². The Morgan fingerprint density at radius 2 is 2.19 bits per heavy atom. The third kappa shape index (κ3) is 3.77. The van der Waals surface area contributed by atoms with E-state index in [1.807, 2.05) is 38.1 Å². The summed E-state index contributed by atoms with van der Waals surface area (Å²) in [5, 5.41) is 3.13. The minimum atomic E-state index is -0.561. The lowest BCUT2D eigenvalue weighted by molar-refractivity contribution is -0.118. The molecule has 0 unspecified atom stereocenters. The van der Waals surface area contributed by atoms with Crippen LogP contribution in [-0.4, -0.2) is 28.4 Å². The summed E-state index contributed by atoms with van der Waals surface area (Å²) in [6.07, 6.45) is 0. The zero-order chi connectivity index (χ0) is 15.4. The van der Waals surface area contributed by atoms with Crippen LogP contribution < -0.4 is 15.8 Å². The van der Waals surface area contributed by atoms with Crippen LogP contribution in [0.25, 0.3) is 11.4 Å². The predicted octanol–water partition coefficient (Wildman–Crippen LogP) is 2.14. The third-order valence-electron chi connectivity index (χ3n) is 3.01. The number of amides is 1. The number of hydrogen-bond acceptors (Lipinski definition) is 6. The Kier molecular flexibility index (Phi) is 4.87. The van der Waals surface area contributed by atoms with Crippen LogP contribution in [-0.2, 0) is 4.79 Å². The molecule has 1 heterocycles. The lowest BCUT2D eigenvalue weighted by atomic mass is 10.1. The molecule has 0 bridgehead atoms. The van der Waals surface area contributed by atoms with Gasteiger partial charge in [-0.2, -0.15) is 9.36 Å². The second-order valence-electron chi connectivity index (χ2n) is 4.91. The van der Waals surface area contributed by atoms with Gasteiger partial charge in [0.15, 0.2) is 5.82 Å². The number of nitrogens with zero attached hydrogens (tertiary/aromatic N) is 2. The monoisotopic (exact) mass is 306 g/mol. The van der Waals surface area contributed by atoms with E-state index in [2.05, 4.69) is 14.7 Å². The molecule has 0 aliphatic rings. The van der Waals surface area contributed by atoms with E-state index in [0.717, 1.165) is 22.8 Å². The molecular weight excluding hydrogens is 288 g/mol. The molecule has 7 heteroatoms. The van der Waals surface area contributed by atoms with Crippen molar-refractivity contribution in [2.24, 2.45) is 11.7 Å². The average molecular weight is 306 g/mol. The van der Waals surface area contributed by atoms with Gasteiger partial charge >= 0.3 is 0 Å². The molecule has 1 amide bonds. The minimum absolute atomic E-state index is 0.0655. The van der Waals surface area contributed by atoms with Crippen LogP contribution in [0.4, 0.5) is 5.13 Å². The molecule has 21 heavy (non-hydrogen) atoms. The summed E-state index contributed by atoms with van der Waals surface area (Å²) in [6.45, 7) is 3.79. The highest BCUT2D eigenvalue weighted by atomic mass is 32.1. The van der Waals surface area contributed by atoms with Gasteiger partial charge in [-0.05, 0) is 18.1 Å². The molecule has 0 spiro atoms. The highest BCUT2D eigenvalue weighted by Crippen LogP contribution is 2.24. The van der Waals surface area contributed by atoms with Crippen molar-refractivity contribution in [3.8, 4) is 17.1 Å². The van der Waals surface area contributed by atoms with Crippen LogP contribution >= 0.6 is 11.5 Å². The maximum absolute atomic E-state index is 11.9. The van der Waals surface area contributed by atoms with Crippen molar-refractivity contribution in [2.75, 3.05) is 12.4 Å². The molecule has 0 aliphatic heterocycles. The van der Waals surface area contributed by atoms with Crippen LogP contribution in [0.15, 0.2) is 24.3 Å². The first-order valence-corrected chi connectivity index (χ1v) is 7.33. The second-order valence-corrected chi connectivity index (χ2v) is 5.67. The van der Waals surface area contributed by atoms with Gasteiger partial charge in [0.2, 0.25) is 11.0 Å². The molecule has 0 aliphatic carbocycles. The van der Waals surface area contributed by atoms with Crippen LogP contribution in [0.5, 0.6) is 5.75 Å². The molecule has 1 aromatic heterocycles. The normalized spacial score (nSPS) is 12.2. The van der Waals surface area contributed by atoms with Gasteiger partial charge in [0.05, 0.1) is 13.2 Å². The quantitative estimate of drug-likeness (QED) is 0.883. The Labute approximate surface area is 127 Å². The summed E-state index contributed by atoms with van der Waals surface area (Å²) in [5.41, 5.74) is 6.62. The van der Waals surface area contributed by atoms with Gasteiger partial charge in [-0.25, -0.2) is 0 Å². The molecule has 112 valence electrons. The van der Waals surface area contributed by atoms with Gasteiger partial charge in [0.1, 0.15) is 5.75 Å². The number of methoxy groups -OCH3 is 1. The predicted molar refractivity (Wildman–Crippen MR) is 83.3 cm³/mol. The molecule has 0 saturated heterocycles. The van der Waals surface area contributed by atoms with Gasteiger partial charge in [-0.1, -0.05) is 26.0 Å². The summed E-state index contributed by atoms with van der Waals surface area (Å²) >= 11 is 1.13. The molecule has 3 N–H and O–H groups in total. The fraction of sp³-hybridized carbons (Fsp3) is 0.357. The Balaban J connectivity index is 2.12. The van der Waals surface area contributed by atoms with E-state index in [1.165, 1.54) is 0 Å². The van der Waals surface area contributed by atoms with Crippen LogP contribution in [0.1, 0.15) is 13.8 Å². The van der Waals surface area contributed by atoms with Crippen molar-refractivity contribution in [1.82, 2.24) is 9.36 Å². The Hall–Kier alpha value is -1.99. The number of ether oxygens (including phenoxy) is 1. The SMILES string of the molecule is COc1cccc(-c2nsc(NC(=O)[C@@H](N)C(C)C)n2)c1. The fourth-order valence-electron chi connectivity index (χ4n) is 1.65. The van der Waals surface area contributed by atoms with Crippen LogP contribution in [0.2, 0.25) is 0 Å². The lowest BCUT2D eigenvalue weighted by Gasteiger charge is -2.13. The van der Waals surface area contributed by atoms with E-state index in [4.69, 9.17) is 10.5 Å². The van der Waals surface area contributed by atoms with Gasteiger partial charge in [-0.3, -0.25) is 10.1 Å². The number of benzene rings is 1. The number of nitrogens with one attached hydrogen (secondary N) is 1. The topological polar surface area (TPSA) is 90.1 Å². The summed E-state index contributed by atoms with van der Waals surface area (Å²) < 4.78 is 9.41. The zero-order valence-corrected chi connectivity index (χ0v) is 13.0. The highest BCUT2D eigenvalue weighted by molar-refractivity contribution is 7.10. The van der Waals surface area contributed by atoms with Crippen molar-refractivity contribution in [2.45, 2.75) is 19.9 Å². The van der Waals surface area contributed by atoms with E-state index < -0.39 is 6.04 Å². The van der Waals surface area contributed by atoms with Crippen molar-refractivity contribution in [3.05, 3.63) is 24.3 Å². The Bertz CT molecular complexity index is 627. The smallest absolute Gasteiger partial charge is 0.243 e. The number of rotatable bonds is 5. The first-order valence-electron chi connectivity index (χ1n) is 6.56. The average Bonchev–Trinajstić information content (AvgIpc) is 2.94. The van der Waals surface area contributed by atoms with Gasteiger partial charge in [0, 0.05) is 17.1 Å². The largest absolute Gasteiger partial charge is 0.497 e. The molecule has 6 nitrogen and oxygen atoms in total. The molecule has 0 radical (unpaired) electrons. The van der Waals surface area contributed by atoms with E-state index >= 15 is 0 Å². The maximum Gasteiger partial charge on any atom is 0.243 e. The number of aromatic nitrogens is 2. The van der Waals surface area contributed by atoms with E-state index in [9.17, 15) is 4.79 Å². The van der Waals surface area contributed by atoms with Crippen LogP contribution in [0.3, 0.4) is 0 Å².